The maximum Gasteiger partial charge on any atom is 0.292 e. The monoisotopic (exact) mass is 419 g/mol. The summed E-state index contributed by atoms with van der Waals surface area (Å²) in [6, 6.07) is 11.8. The predicted octanol–water partition coefficient (Wildman–Crippen LogP) is 2.79. The van der Waals surface area contributed by atoms with E-state index in [2.05, 4.69) is 0 Å². The third-order valence-electron chi connectivity index (χ3n) is 5.75. The van der Waals surface area contributed by atoms with Crippen LogP contribution in [0.3, 0.4) is 0 Å². The number of quaternary nitrogens is 1. The molecule has 28 heavy (non-hydrogen) atoms. The average Bonchev–Trinajstić information content (AvgIpc) is 2.96. The fourth-order valence-electron chi connectivity index (χ4n) is 4.37. The molecule has 1 atom stereocenters. The fraction of sp³-hybridized carbons (Fsp3) is 0.333. The first-order chi connectivity index (χ1) is 13.4. The number of nitrogens with zero attached hydrogens (tertiary/aromatic N) is 1. The van der Waals surface area contributed by atoms with E-state index in [-0.39, 0.29) is 30.2 Å². The Morgan fingerprint density at radius 2 is 1.64 bits per heavy atom. The Balaban J connectivity index is 1.47. The smallest absolute Gasteiger partial charge is 0.292 e. The molecule has 0 radical (unpaired) electrons. The number of aromatic hydroxyl groups is 1. The van der Waals surface area contributed by atoms with Crippen molar-refractivity contribution in [3.8, 4) is 5.75 Å². The van der Waals surface area contributed by atoms with Gasteiger partial charge in [-0.3, -0.25) is 9.59 Å². The SMILES string of the molecule is O=C1C[C@H]([NH+]2CCC(c3ccccc3O)CC2)C(=O)N1c1cc(Cl)cc(Cl)c1. The van der Waals surface area contributed by atoms with Crippen LogP contribution in [-0.4, -0.2) is 36.1 Å². The zero-order valence-electron chi connectivity index (χ0n) is 15.2. The third-order valence-corrected chi connectivity index (χ3v) is 6.19. The molecule has 146 valence electrons. The van der Waals surface area contributed by atoms with Crippen molar-refractivity contribution in [2.24, 2.45) is 0 Å². The number of benzene rings is 2. The maximum atomic E-state index is 13.0. The largest absolute Gasteiger partial charge is 0.508 e. The minimum absolute atomic E-state index is 0.194. The topological polar surface area (TPSA) is 62.1 Å². The highest BCUT2D eigenvalue weighted by atomic mass is 35.5. The number of piperidine rings is 1. The second kappa shape index (κ2) is 7.74. The highest BCUT2D eigenvalue weighted by molar-refractivity contribution is 6.35. The number of imide groups is 1. The molecule has 2 fully saturated rings. The van der Waals surface area contributed by atoms with Crippen LogP contribution < -0.4 is 9.80 Å². The molecule has 2 aliphatic rings. The van der Waals surface area contributed by atoms with Gasteiger partial charge in [-0.25, -0.2) is 4.90 Å². The number of para-hydroxylation sites is 1. The molecule has 2 heterocycles. The summed E-state index contributed by atoms with van der Waals surface area (Å²) in [7, 11) is 0. The van der Waals surface area contributed by atoms with E-state index in [0.717, 1.165) is 36.4 Å². The van der Waals surface area contributed by atoms with Crippen LogP contribution in [0.5, 0.6) is 5.75 Å². The molecule has 0 aromatic heterocycles. The number of likely N-dealkylation sites (tertiary alicyclic amines) is 1. The van der Waals surface area contributed by atoms with Gasteiger partial charge < -0.3 is 10.0 Å². The number of phenols is 1. The van der Waals surface area contributed by atoms with Gasteiger partial charge in [0.25, 0.3) is 5.91 Å². The molecule has 2 saturated heterocycles. The van der Waals surface area contributed by atoms with Gasteiger partial charge >= 0.3 is 0 Å². The van der Waals surface area contributed by atoms with Crippen LogP contribution in [0.15, 0.2) is 42.5 Å². The van der Waals surface area contributed by atoms with Crippen molar-refractivity contribution in [2.75, 3.05) is 18.0 Å². The Morgan fingerprint density at radius 1 is 1.00 bits per heavy atom. The standard InChI is InChI=1S/C21H20Cl2N2O3/c22-14-9-15(23)11-16(10-14)25-20(27)12-18(21(25)28)24-7-5-13(6-8-24)17-3-1-2-4-19(17)26/h1-4,9-11,13,18,26H,5-8,12H2/p+1/t18-/m0/s1. The second-order valence-corrected chi connectivity index (χ2v) is 8.32. The molecule has 0 saturated carbocycles. The highest BCUT2D eigenvalue weighted by Crippen LogP contribution is 2.32. The molecule has 5 nitrogen and oxygen atoms in total. The molecule has 4 rings (SSSR count). The molecule has 2 amide bonds. The number of phenolic OH excluding ortho intramolecular Hbond substituents is 1. The van der Waals surface area contributed by atoms with Gasteiger partial charge in [-0.2, -0.15) is 0 Å². The number of hydrogen-bond acceptors (Lipinski definition) is 3. The van der Waals surface area contributed by atoms with E-state index in [1.165, 1.54) is 4.90 Å². The Morgan fingerprint density at radius 3 is 2.29 bits per heavy atom. The van der Waals surface area contributed by atoms with Crippen LogP contribution in [0.25, 0.3) is 0 Å². The van der Waals surface area contributed by atoms with Gasteiger partial charge in [0.1, 0.15) is 5.75 Å². The molecule has 2 aromatic rings. The van der Waals surface area contributed by atoms with Crippen LogP contribution in [0, 0.1) is 0 Å². The minimum atomic E-state index is -0.379. The van der Waals surface area contributed by atoms with E-state index in [0.29, 0.717) is 21.5 Å². The Bertz CT molecular complexity index is 905. The Hall–Kier alpha value is -2.08. The van der Waals surface area contributed by atoms with Gasteiger partial charge in [0.05, 0.1) is 25.2 Å². The van der Waals surface area contributed by atoms with Gasteiger partial charge in [-0.05, 0) is 35.7 Å². The van der Waals surface area contributed by atoms with Crippen LogP contribution in [-0.2, 0) is 9.59 Å². The summed E-state index contributed by atoms with van der Waals surface area (Å²) in [6.07, 6.45) is 1.93. The van der Waals surface area contributed by atoms with Gasteiger partial charge in [0.2, 0.25) is 5.91 Å². The first-order valence-electron chi connectivity index (χ1n) is 9.39. The van der Waals surface area contributed by atoms with E-state index in [4.69, 9.17) is 23.2 Å². The summed E-state index contributed by atoms with van der Waals surface area (Å²) in [5, 5.41) is 10.9. The number of hydrogen-bond donors (Lipinski definition) is 2. The lowest BCUT2D eigenvalue weighted by atomic mass is 9.88. The number of carbonyl (C=O) groups is 2. The average molecular weight is 420 g/mol. The van der Waals surface area contributed by atoms with E-state index in [9.17, 15) is 14.7 Å². The van der Waals surface area contributed by atoms with Crippen molar-refractivity contribution in [3.05, 3.63) is 58.1 Å². The van der Waals surface area contributed by atoms with Crippen molar-refractivity contribution >= 4 is 40.7 Å². The van der Waals surface area contributed by atoms with E-state index in [1.807, 2.05) is 18.2 Å². The van der Waals surface area contributed by atoms with Gasteiger partial charge in [-0.15, -0.1) is 0 Å². The molecule has 7 heteroatoms. The Kier molecular flexibility index (Phi) is 5.32. The normalized spacial score (nSPS) is 25.4. The summed E-state index contributed by atoms with van der Waals surface area (Å²) in [6.45, 7) is 1.57. The minimum Gasteiger partial charge on any atom is -0.508 e. The van der Waals surface area contributed by atoms with Gasteiger partial charge in [0, 0.05) is 22.9 Å². The van der Waals surface area contributed by atoms with Crippen LogP contribution in [0.1, 0.15) is 30.7 Å². The zero-order valence-corrected chi connectivity index (χ0v) is 16.7. The molecule has 2 N–H and O–H groups in total. The summed E-state index contributed by atoms with van der Waals surface area (Å²) in [5.41, 5.74) is 1.39. The van der Waals surface area contributed by atoms with Crippen molar-refractivity contribution in [2.45, 2.75) is 31.2 Å². The number of rotatable bonds is 3. The predicted molar refractivity (Wildman–Crippen MR) is 108 cm³/mol. The summed E-state index contributed by atoms with van der Waals surface area (Å²) >= 11 is 12.1. The molecular weight excluding hydrogens is 399 g/mol. The lowest BCUT2D eigenvalue weighted by Crippen LogP contribution is -3.17. The van der Waals surface area contributed by atoms with E-state index in [1.54, 1.807) is 24.3 Å². The Labute approximate surface area is 173 Å². The van der Waals surface area contributed by atoms with Crippen LogP contribution >= 0.6 is 23.2 Å². The molecule has 2 aromatic carbocycles. The fourth-order valence-corrected chi connectivity index (χ4v) is 4.89. The van der Waals surface area contributed by atoms with Crippen molar-refractivity contribution in [3.63, 3.8) is 0 Å². The zero-order chi connectivity index (χ0) is 19.8. The first kappa shape index (κ1) is 19.2. The molecule has 0 bridgehead atoms. The number of anilines is 1. The second-order valence-electron chi connectivity index (χ2n) is 7.44. The number of halogens is 2. The molecule has 0 aliphatic carbocycles. The molecular formula is C21H21Cl2N2O3+. The van der Waals surface area contributed by atoms with Crippen molar-refractivity contribution in [1.82, 2.24) is 0 Å². The van der Waals surface area contributed by atoms with E-state index < -0.39 is 0 Å². The van der Waals surface area contributed by atoms with Crippen LogP contribution in [0.2, 0.25) is 10.0 Å². The van der Waals surface area contributed by atoms with Crippen LogP contribution in [0.4, 0.5) is 5.69 Å². The van der Waals surface area contributed by atoms with Crippen molar-refractivity contribution < 1.29 is 19.6 Å². The van der Waals surface area contributed by atoms with E-state index >= 15 is 0 Å². The number of amides is 2. The molecule has 0 unspecified atom stereocenters. The highest BCUT2D eigenvalue weighted by Gasteiger charge is 2.46. The number of carbonyl (C=O) groups excluding carboxylic acids is 2. The lowest BCUT2D eigenvalue weighted by molar-refractivity contribution is -0.920. The summed E-state index contributed by atoms with van der Waals surface area (Å²) in [4.78, 5) is 27.9. The van der Waals surface area contributed by atoms with Gasteiger partial charge in [-0.1, -0.05) is 41.4 Å². The number of nitrogens with one attached hydrogen (secondary N) is 1. The first-order valence-corrected chi connectivity index (χ1v) is 10.1. The van der Waals surface area contributed by atoms with Gasteiger partial charge in [0.15, 0.2) is 6.04 Å². The molecule has 2 aliphatic heterocycles. The summed E-state index contributed by atoms with van der Waals surface area (Å²) in [5.74, 6) is 0.190. The third kappa shape index (κ3) is 3.62. The van der Waals surface area contributed by atoms with Crippen molar-refractivity contribution in [1.29, 1.82) is 0 Å². The maximum absolute atomic E-state index is 13.0. The quantitative estimate of drug-likeness (QED) is 0.751. The summed E-state index contributed by atoms with van der Waals surface area (Å²) < 4.78 is 0. The lowest BCUT2D eigenvalue weighted by Gasteiger charge is -2.32. The molecule has 0 spiro atoms.